The Labute approximate surface area is 148 Å². The normalized spacial score (nSPS) is 11.4. The third-order valence-electron chi connectivity index (χ3n) is 3.70. The number of hydrazone groups is 1. The van der Waals surface area contributed by atoms with Gasteiger partial charge in [-0.05, 0) is 31.2 Å². The van der Waals surface area contributed by atoms with Crippen molar-refractivity contribution in [2.45, 2.75) is 6.92 Å². The van der Waals surface area contributed by atoms with Crippen molar-refractivity contribution in [3.8, 4) is 5.69 Å². The van der Waals surface area contributed by atoms with E-state index in [-0.39, 0.29) is 0 Å². The van der Waals surface area contributed by atoms with E-state index in [1.807, 2.05) is 61.5 Å². The van der Waals surface area contributed by atoms with Gasteiger partial charge in [0.15, 0.2) is 5.58 Å². The maximum atomic E-state index is 6.45. The first-order valence-corrected chi connectivity index (χ1v) is 8.05. The number of nitrogens with zero attached hydrogens (tertiary/aromatic N) is 4. The number of aromatic nitrogens is 3. The van der Waals surface area contributed by atoms with Crippen molar-refractivity contribution < 1.29 is 4.42 Å². The molecule has 2 aromatic heterocycles. The van der Waals surface area contributed by atoms with Crippen LogP contribution in [0.2, 0.25) is 5.15 Å². The highest BCUT2D eigenvalue weighted by Crippen LogP contribution is 2.22. The Morgan fingerprint density at radius 1 is 1.12 bits per heavy atom. The van der Waals surface area contributed by atoms with Gasteiger partial charge in [-0.3, -0.25) is 0 Å². The summed E-state index contributed by atoms with van der Waals surface area (Å²) in [4.78, 5) is 4.30. The number of rotatable bonds is 4. The molecule has 6 nitrogen and oxygen atoms in total. The molecule has 2 heterocycles. The van der Waals surface area contributed by atoms with Crippen molar-refractivity contribution in [1.82, 2.24) is 14.8 Å². The fourth-order valence-electron chi connectivity index (χ4n) is 2.47. The summed E-state index contributed by atoms with van der Waals surface area (Å²) in [5.41, 5.74) is 6.65. The average Bonchev–Trinajstić information content (AvgIpc) is 3.17. The standard InChI is InChI=1S/C18H14ClN5O/c1-12-14(17(19)24(23-12)13-7-3-2-4-8-13)11-20-22-18-21-15-9-5-6-10-16(15)25-18/h2-11H,1H3,(H,21,22)/b20-11+. The molecule has 0 radical (unpaired) electrons. The number of nitrogens with one attached hydrogen (secondary N) is 1. The van der Waals surface area contributed by atoms with E-state index in [0.29, 0.717) is 16.8 Å². The Bertz CT molecular complexity index is 1020. The molecular formula is C18H14ClN5O. The summed E-state index contributed by atoms with van der Waals surface area (Å²) in [6.07, 6.45) is 1.61. The van der Waals surface area contributed by atoms with Crippen LogP contribution < -0.4 is 5.43 Å². The molecule has 0 aliphatic rings. The smallest absolute Gasteiger partial charge is 0.316 e. The van der Waals surface area contributed by atoms with E-state index in [4.69, 9.17) is 16.0 Å². The predicted molar refractivity (Wildman–Crippen MR) is 98.5 cm³/mol. The molecule has 25 heavy (non-hydrogen) atoms. The quantitative estimate of drug-likeness (QED) is 0.436. The first-order valence-electron chi connectivity index (χ1n) is 7.67. The summed E-state index contributed by atoms with van der Waals surface area (Å²) in [6.45, 7) is 1.88. The Balaban J connectivity index is 1.58. The zero-order chi connectivity index (χ0) is 17.2. The molecular weight excluding hydrogens is 338 g/mol. The fourth-order valence-corrected chi connectivity index (χ4v) is 2.79. The molecule has 0 bridgehead atoms. The molecule has 0 spiro atoms. The maximum absolute atomic E-state index is 6.45. The number of anilines is 1. The zero-order valence-electron chi connectivity index (χ0n) is 13.3. The van der Waals surface area contributed by atoms with Crippen LogP contribution in [-0.2, 0) is 0 Å². The number of benzene rings is 2. The van der Waals surface area contributed by atoms with Crippen molar-refractivity contribution in [1.29, 1.82) is 0 Å². The largest absolute Gasteiger partial charge is 0.422 e. The van der Waals surface area contributed by atoms with E-state index >= 15 is 0 Å². The highest BCUT2D eigenvalue weighted by atomic mass is 35.5. The van der Waals surface area contributed by atoms with Crippen LogP contribution in [0.15, 0.2) is 64.1 Å². The Kier molecular flexibility index (Phi) is 3.95. The van der Waals surface area contributed by atoms with Gasteiger partial charge in [0.1, 0.15) is 10.7 Å². The van der Waals surface area contributed by atoms with Gasteiger partial charge in [-0.1, -0.05) is 41.9 Å². The van der Waals surface area contributed by atoms with Crippen LogP contribution in [0, 0.1) is 6.92 Å². The van der Waals surface area contributed by atoms with Crippen LogP contribution in [0.1, 0.15) is 11.3 Å². The van der Waals surface area contributed by atoms with Crippen molar-refractivity contribution in [2.75, 3.05) is 5.43 Å². The minimum atomic E-state index is 0.321. The third kappa shape index (κ3) is 2.99. The fraction of sp³-hybridized carbons (Fsp3) is 0.0556. The van der Waals surface area contributed by atoms with E-state index < -0.39 is 0 Å². The summed E-state index contributed by atoms with van der Waals surface area (Å²) in [5.74, 6) is 0. The lowest BCUT2D eigenvalue weighted by molar-refractivity contribution is 0.617. The number of fused-ring (bicyclic) bond motifs is 1. The van der Waals surface area contributed by atoms with Gasteiger partial charge in [-0.25, -0.2) is 10.1 Å². The SMILES string of the molecule is Cc1nn(-c2ccccc2)c(Cl)c1/C=N/Nc1nc2ccccc2o1. The minimum Gasteiger partial charge on any atom is -0.422 e. The lowest BCUT2D eigenvalue weighted by Crippen LogP contribution is -1.96. The van der Waals surface area contributed by atoms with Gasteiger partial charge in [0.05, 0.1) is 23.2 Å². The molecule has 0 aliphatic heterocycles. The molecule has 0 unspecified atom stereocenters. The molecule has 0 atom stereocenters. The Morgan fingerprint density at radius 2 is 1.88 bits per heavy atom. The van der Waals surface area contributed by atoms with Gasteiger partial charge in [0.2, 0.25) is 0 Å². The van der Waals surface area contributed by atoms with Crippen molar-refractivity contribution >= 4 is 34.9 Å². The number of hydrogen-bond acceptors (Lipinski definition) is 5. The summed E-state index contributed by atoms with van der Waals surface area (Å²) in [5, 5.41) is 9.13. The molecule has 124 valence electrons. The van der Waals surface area contributed by atoms with Gasteiger partial charge in [-0.2, -0.15) is 15.2 Å². The summed E-state index contributed by atoms with van der Waals surface area (Å²) in [7, 11) is 0. The van der Waals surface area contributed by atoms with Gasteiger partial charge >= 0.3 is 6.01 Å². The number of oxazole rings is 1. The maximum Gasteiger partial charge on any atom is 0.316 e. The second-order valence-electron chi connectivity index (χ2n) is 5.39. The van der Waals surface area contributed by atoms with Crippen molar-refractivity contribution in [3.63, 3.8) is 0 Å². The number of aryl methyl sites for hydroxylation is 1. The van der Waals surface area contributed by atoms with Gasteiger partial charge in [0, 0.05) is 0 Å². The molecule has 0 amide bonds. The average molecular weight is 352 g/mol. The monoisotopic (exact) mass is 351 g/mol. The second kappa shape index (κ2) is 6.41. The van der Waals surface area contributed by atoms with E-state index in [2.05, 4.69) is 20.6 Å². The van der Waals surface area contributed by atoms with Gasteiger partial charge < -0.3 is 4.42 Å². The first kappa shape index (κ1) is 15.4. The summed E-state index contributed by atoms with van der Waals surface area (Å²) in [6, 6.07) is 17.5. The van der Waals surface area contributed by atoms with E-state index in [9.17, 15) is 0 Å². The number of halogens is 1. The topological polar surface area (TPSA) is 68.2 Å². The zero-order valence-corrected chi connectivity index (χ0v) is 14.1. The lowest BCUT2D eigenvalue weighted by atomic mass is 10.3. The van der Waals surface area contributed by atoms with Crippen LogP contribution in [0.25, 0.3) is 16.8 Å². The van der Waals surface area contributed by atoms with E-state index in [1.54, 1.807) is 10.9 Å². The van der Waals surface area contributed by atoms with E-state index in [0.717, 1.165) is 22.5 Å². The molecule has 0 saturated carbocycles. The Morgan fingerprint density at radius 3 is 2.68 bits per heavy atom. The van der Waals surface area contributed by atoms with Crippen LogP contribution in [0.5, 0.6) is 0 Å². The first-order chi connectivity index (χ1) is 12.2. The summed E-state index contributed by atoms with van der Waals surface area (Å²) < 4.78 is 7.23. The lowest BCUT2D eigenvalue weighted by Gasteiger charge is -2.01. The molecule has 0 aliphatic carbocycles. The minimum absolute atomic E-state index is 0.321. The molecule has 2 aromatic carbocycles. The summed E-state index contributed by atoms with van der Waals surface area (Å²) >= 11 is 6.45. The molecule has 4 aromatic rings. The highest BCUT2D eigenvalue weighted by Gasteiger charge is 2.13. The second-order valence-corrected chi connectivity index (χ2v) is 5.75. The Hall–Kier alpha value is -3.12. The van der Waals surface area contributed by atoms with Crippen LogP contribution in [0.4, 0.5) is 6.01 Å². The number of para-hydroxylation sites is 3. The molecule has 0 fully saturated rings. The number of hydrogen-bond donors (Lipinski definition) is 1. The van der Waals surface area contributed by atoms with Crippen LogP contribution >= 0.6 is 11.6 Å². The van der Waals surface area contributed by atoms with Crippen molar-refractivity contribution in [3.05, 3.63) is 71.0 Å². The molecule has 7 heteroatoms. The van der Waals surface area contributed by atoms with Gasteiger partial charge in [0.25, 0.3) is 0 Å². The van der Waals surface area contributed by atoms with Crippen LogP contribution in [0.3, 0.4) is 0 Å². The van der Waals surface area contributed by atoms with E-state index in [1.165, 1.54) is 0 Å². The van der Waals surface area contributed by atoms with Crippen molar-refractivity contribution in [2.24, 2.45) is 5.10 Å². The molecule has 0 saturated heterocycles. The predicted octanol–water partition coefficient (Wildman–Crippen LogP) is 4.42. The third-order valence-corrected chi connectivity index (χ3v) is 4.06. The molecule has 4 rings (SSSR count). The van der Waals surface area contributed by atoms with Crippen LogP contribution in [-0.4, -0.2) is 21.0 Å². The highest BCUT2D eigenvalue weighted by molar-refractivity contribution is 6.32. The molecule has 1 N–H and O–H groups in total. The van der Waals surface area contributed by atoms with Gasteiger partial charge in [-0.15, -0.1) is 0 Å².